The second-order valence-corrected chi connectivity index (χ2v) is 11.6. The van der Waals surface area contributed by atoms with Gasteiger partial charge in [0.15, 0.2) is 0 Å². The van der Waals surface area contributed by atoms with Crippen LogP contribution in [0.1, 0.15) is 64.7 Å². The number of carbonyl (C=O) groups is 2. The third kappa shape index (κ3) is 5.40. The minimum Gasteiger partial charge on any atom is -0.487 e. The van der Waals surface area contributed by atoms with E-state index in [-0.39, 0.29) is 35.1 Å². The number of halogens is 3. The summed E-state index contributed by atoms with van der Waals surface area (Å²) >= 11 is 0. The van der Waals surface area contributed by atoms with Gasteiger partial charge >= 0.3 is 6.18 Å². The molecule has 2 amide bonds. The molecule has 2 N–H and O–H groups in total. The molecular weight excluding hydrogens is 573 g/mol. The molecule has 11 heteroatoms. The van der Waals surface area contributed by atoms with Crippen molar-refractivity contribution in [2.24, 2.45) is 0 Å². The monoisotopic (exact) mass is 604 g/mol. The van der Waals surface area contributed by atoms with Crippen LogP contribution in [0.15, 0.2) is 54.2 Å². The van der Waals surface area contributed by atoms with E-state index in [1.807, 2.05) is 6.07 Å². The van der Waals surface area contributed by atoms with E-state index in [0.29, 0.717) is 35.9 Å². The highest BCUT2D eigenvalue weighted by molar-refractivity contribution is 5.95. The van der Waals surface area contributed by atoms with Gasteiger partial charge in [0.05, 0.1) is 17.5 Å². The number of fused-ring (bicyclic) bond motifs is 4. The van der Waals surface area contributed by atoms with Crippen LogP contribution in [0.2, 0.25) is 0 Å². The van der Waals surface area contributed by atoms with Crippen molar-refractivity contribution < 1.29 is 32.2 Å². The Bertz CT molecular complexity index is 1680. The Morgan fingerprint density at radius 1 is 1.14 bits per heavy atom. The summed E-state index contributed by atoms with van der Waals surface area (Å²) in [4.78, 5) is 31.4. The number of anilines is 1. The van der Waals surface area contributed by atoms with Gasteiger partial charge in [0, 0.05) is 42.4 Å². The molecule has 2 fully saturated rings. The molecule has 0 unspecified atom stereocenters. The molecule has 1 aliphatic carbocycles. The molecule has 3 atom stereocenters. The van der Waals surface area contributed by atoms with Gasteiger partial charge in [-0.15, -0.1) is 0 Å². The number of hydrogen-bond donors (Lipinski definition) is 2. The van der Waals surface area contributed by atoms with Crippen LogP contribution in [0, 0.1) is 0 Å². The average Bonchev–Trinajstić information content (AvgIpc) is 3.53. The highest BCUT2D eigenvalue weighted by Gasteiger charge is 2.59. The summed E-state index contributed by atoms with van der Waals surface area (Å²) in [5.41, 5.74) is 1.89. The zero-order chi connectivity index (χ0) is 30.6. The smallest absolute Gasteiger partial charge is 0.417 e. The summed E-state index contributed by atoms with van der Waals surface area (Å²) in [5.74, 6) is 1.53. The maximum absolute atomic E-state index is 14.1. The minimum atomic E-state index is -4.60. The molecule has 3 aromatic rings. The number of ether oxygens (including phenoxy) is 2. The SMILES string of the molecule is CCN1CCC(=Cc2ccc(C(=O)N[C@H]3[C@H]4Oc5ccc(Oc6ccnc7c6CCC(=O)N7)cc5[C@@H]34)cc2C(F)(F)F)CC1. The summed E-state index contributed by atoms with van der Waals surface area (Å²) in [5, 5.41) is 5.63. The van der Waals surface area contributed by atoms with Gasteiger partial charge in [0.2, 0.25) is 5.91 Å². The van der Waals surface area contributed by atoms with E-state index < -0.39 is 17.6 Å². The van der Waals surface area contributed by atoms with Crippen LogP contribution in [0.4, 0.5) is 19.0 Å². The lowest BCUT2D eigenvalue weighted by Crippen LogP contribution is -2.30. The summed E-state index contributed by atoms with van der Waals surface area (Å²) in [6.07, 6.45) is 0.635. The second kappa shape index (κ2) is 11.0. The Morgan fingerprint density at radius 3 is 2.73 bits per heavy atom. The molecule has 1 saturated heterocycles. The van der Waals surface area contributed by atoms with Crippen LogP contribution < -0.4 is 20.1 Å². The van der Waals surface area contributed by atoms with Crippen LogP contribution in [0.25, 0.3) is 6.08 Å². The van der Waals surface area contributed by atoms with Gasteiger partial charge in [-0.2, -0.15) is 13.2 Å². The van der Waals surface area contributed by atoms with Crippen LogP contribution >= 0.6 is 0 Å². The van der Waals surface area contributed by atoms with Gasteiger partial charge in [-0.25, -0.2) is 4.98 Å². The number of likely N-dealkylation sites (tertiary alicyclic amines) is 1. The second-order valence-electron chi connectivity index (χ2n) is 11.6. The lowest BCUT2D eigenvalue weighted by molar-refractivity contribution is -0.137. The van der Waals surface area contributed by atoms with Crippen molar-refractivity contribution in [3.63, 3.8) is 0 Å². The lowest BCUT2D eigenvalue weighted by atomic mass is 9.96. The molecule has 7 rings (SSSR count). The molecule has 4 aliphatic rings. The van der Waals surface area contributed by atoms with E-state index in [9.17, 15) is 22.8 Å². The van der Waals surface area contributed by atoms with Crippen molar-refractivity contribution >= 4 is 23.7 Å². The highest BCUT2D eigenvalue weighted by Crippen LogP contribution is 2.54. The van der Waals surface area contributed by atoms with E-state index in [1.165, 1.54) is 12.1 Å². The van der Waals surface area contributed by atoms with Gasteiger partial charge in [-0.1, -0.05) is 24.6 Å². The fraction of sp³-hybridized carbons (Fsp3) is 0.364. The maximum Gasteiger partial charge on any atom is 0.417 e. The molecule has 1 aromatic heterocycles. The molecule has 8 nitrogen and oxygen atoms in total. The molecule has 2 aromatic carbocycles. The maximum atomic E-state index is 14.1. The number of hydrogen-bond acceptors (Lipinski definition) is 6. The molecule has 1 saturated carbocycles. The molecule has 0 bridgehead atoms. The zero-order valence-corrected chi connectivity index (χ0v) is 24.0. The van der Waals surface area contributed by atoms with Gasteiger partial charge in [-0.05, 0) is 67.8 Å². The predicted octanol–water partition coefficient (Wildman–Crippen LogP) is 5.93. The zero-order valence-electron chi connectivity index (χ0n) is 24.0. The molecule has 0 spiro atoms. The molecule has 4 heterocycles. The van der Waals surface area contributed by atoms with E-state index in [1.54, 1.807) is 30.5 Å². The van der Waals surface area contributed by atoms with Gasteiger partial charge in [0.1, 0.15) is 29.2 Å². The summed E-state index contributed by atoms with van der Waals surface area (Å²) in [6, 6.07) is 10.6. The van der Waals surface area contributed by atoms with E-state index >= 15 is 0 Å². The Balaban J connectivity index is 1.05. The number of carbonyl (C=O) groups excluding carboxylic acids is 2. The van der Waals surface area contributed by atoms with E-state index in [0.717, 1.165) is 55.2 Å². The number of piperidine rings is 1. The van der Waals surface area contributed by atoms with Gasteiger partial charge < -0.3 is 25.0 Å². The molecule has 3 aliphatic heterocycles. The number of pyridine rings is 1. The van der Waals surface area contributed by atoms with Crippen molar-refractivity contribution in [3.8, 4) is 17.2 Å². The third-order valence-electron chi connectivity index (χ3n) is 8.88. The average molecular weight is 605 g/mol. The van der Waals surface area contributed by atoms with E-state index in [4.69, 9.17) is 9.47 Å². The summed E-state index contributed by atoms with van der Waals surface area (Å²) in [6.45, 7) is 4.66. The predicted molar refractivity (Wildman–Crippen MR) is 157 cm³/mol. The first-order chi connectivity index (χ1) is 21.2. The van der Waals surface area contributed by atoms with Crippen LogP contribution in [-0.4, -0.2) is 53.5 Å². The number of benzene rings is 2. The minimum absolute atomic E-state index is 0.0443. The van der Waals surface area contributed by atoms with Crippen molar-refractivity contribution in [2.45, 2.75) is 56.8 Å². The fourth-order valence-electron chi connectivity index (χ4n) is 6.38. The fourth-order valence-corrected chi connectivity index (χ4v) is 6.38. The van der Waals surface area contributed by atoms with Crippen molar-refractivity contribution in [2.75, 3.05) is 25.0 Å². The van der Waals surface area contributed by atoms with Crippen molar-refractivity contribution in [3.05, 3.63) is 82.1 Å². The largest absolute Gasteiger partial charge is 0.487 e. The first-order valence-electron chi connectivity index (χ1n) is 14.9. The standard InChI is InChI=1S/C33H31F3N4O4/c1-2-40-13-10-18(11-14-40)15-19-3-4-20(16-24(19)33(34,35)36)32(42)39-29-28-23-17-21(5-7-25(23)44-30(28)29)43-26-9-12-37-31-22(26)6-8-27(41)38-31/h3-5,7,9,12,15-17,28-30H,2,6,8,10-11,13-14H2,1H3,(H,39,42)(H,37,38,41)/t28-,29+,30-/m0/s1. The Hall–Kier alpha value is -4.38. The molecular formula is C33H31F3N4O4. The van der Waals surface area contributed by atoms with Crippen molar-refractivity contribution in [1.82, 2.24) is 15.2 Å². The Kier molecular flexibility index (Phi) is 7.07. The van der Waals surface area contributed by atoms with Crippen LogP contribution in [0.3, 0.4) is 0 Å². The van der Waals surface area contributed by atoms with Gasteiger partial charge in [0.25, 0.3) is 5.91 Å². The molecule has 0 radical (unpaired) electrons. The number of aromatic nitrogens is 1. The topological polar surface area (TPSA) is 92.8 Å². The van der Waals surface area contributed by atoms with Crippen LogP contribution in [0.5, 0.6) is 17.2 Å². The number of rotatable bonds is 6. The first-order valence-corrected chi connectivity index (χ1v) is 14.9. The number of alkyl halides is 3. The third-order valence-corrected chi connectivity index (χ3v) is 8.88. The van der Waals surface area contributed by atoms with E-state index in [2.05, 4.69) is 27.4 Å². The molecule has 228 valence electrons. The molecule has 44 heavy (non-hydrogen) atoms. The lowest BCUT2D eigenvalue weighted by Gasteiger charge is -2.27. The summed E-state index contributed by atoms with van der Waals surface area (Å²) < 4.78 is 54.4. The number of amides is 2. The number of nitrogens with zero attached hydrogens (tertiary/aromatic N) is 2. The van der Waals surface area contributed by atoms with Crippen LogP contribution in [-0.2, 0) is 17.4 Å². The number of nitrogens with one attached hydrogen (secondary N) is 2. The van der Waals surface area contributed by atoms with Gasteiger partial charge in [-0.3, -0.25) is 9.59 Å². The van der Waals surface area contributed by atoms with Crippen molar-refractivity contribution in [1.29, 1.82) is 0 Å². The highest BCUT2D eigenvalue weighted by atomic mass is 19.4. The Labute approximate surface area is 252 Å². The first kappa shape index (κ1) is 28.4. The normalized spacial score (nSPS) is 22.2. The quantitative estimate of drug-likeness (QED) is 0.362. The Morgan fingerprint density at radius 2 is 1.95 bits per heavy atom. The summed E-state index contributed by atoms with van der Waals surface area (Å²) in [7, 11) is 0.